The minimum atomic E-state index is -4.74. The normalized spacial score (nSPS) is 16.6. The van der Waals surface area contributed by atoms with Crippen molar-refractivity contribution in [2.75, 3.05) is 46.7 Å². The molecular weight excluding hydrogens is 964 g/mol. The number of sulfonamides is 1. The van der Waals surface area contributed by atoms with Gasteiger partial charge in [0.1, 0.15) is 24.6 Å². The van der Waals surface area contributed by atoms with Crippen molar-refractivity contribution in [1.82, 2.24) is 34.1 Å². The number of methoxy groups -OCH3 is 2. The summed E-state index contributed by atoms with van der Waals surface area (Å²) in [5, 5.41) is 6.74. The van der Waals surface area contributed by atoms with Gasteiger partial charge in [0.25, 0.3) is 0 Å². The lowest BCUT2D eigenvalue weighted by Gasteiger charge is -2.42. The van der Waals surface area contributed by atoms with Crippen molar-refractivity contribution in [1.29, 1.82) is 0 Å². The second kappa shape index (κ2) is 19.5. The average Bonchev–Trinajstić information content (AvgIpc) is 3.67. The molecule has 6 rings (SSSR count). The Morgan fingerprint density at radius 1 is 0.719 bits per heavy atom. The van der Waals surface area contributed by atoms with E-state index in [-0.39, 0.29) is 49.8 Å². The van der Waals surface area contributed by atoms with Gasteiger partial charge in [-0.2, -0.15) is 36.5 Å². The smallest absolute Gasteiger partial charge is 0.436 e. The van der Waals surface area contributed by atoms with E-state index < -0.39 is 67.3 Å². The predicted molar refractivity (Wildman–Crippen MR) is 227 cm³/mol. The van der Waals surface area contributed by atoms with Crippen molar-refractivity contribution in [2.24, 2.45) is 5.73 Å². The fourth-order valence-electron chi connectivity index (χ4n) is 7.49. The third kappa shape index (κ3) is 11.5. The number of hydrogen-bond donors (Lipinski definition) is 2. The number of hydrogen-bond acceptors (Lipinski definition) is 9. The summed E-state index contributed by atoms with van der Waals surface area (Å²) in [6, 6.07) is 10.3. The second-order valence-electron chi connectivity index (χ2n) is 15.4. The molecular formula is C39H44Cl4F6N8O6S. The van der Waals surface area contributed by atoms with Gasteiger partial charge in [-0.05, 0) is 74.9 Å². The molecule has 0 spiro atoms. The van der Waals surface area contributed by atoms with Crippen molar-refractivity contribution in [2.45, 2.75) is 76.1 Å². The van der Waals surface area contributed by atoms with Gasteiger partial charge in [-0.3, -0.25) is 19.0 Å². The van der Waals surface area contributed by atoms with Crippen molar-refractivity contribution >= 4 is 68.2 Å². The number of amides is 2. The zero-order valence-corrected chi connectivity index (χ0v) is 38.8. The van der Waals surface area contributed by atoms with Gasteiger partial charge in [-0.1, -0.05) is 58.5 Å². The number of ether oxygens (including phenoxy) is 2. The van der Waals surface area contributed by atoms with E-state index in [9.17, 15) is 44.3 Å². The maximum atomic E-state index is 13.1. The molecule has 2 amide bonds. The van der Waals surface area contributed by atoms with Crippen LogP contribution in [0.15, 0.2) is 36.4 Å². The van der Waals surface area contributed by atoms with Crippen molar-refractivity contribution < 1.29 is 53.8 Å². The Kier molecular flexibility index (Phi) is 15.5. The van der Waals surface area contributed by atoms with Crippen LogP contribution in [0.4, 0.5) is 26.3 Å². The average molecular weight is 1010 g/mol. The van der Waals surface area contributed by atoms with E-state index in [0.717, 1.165) is 21.2 Å². The summed E-state index contributed by atoms with van der Waals surface area (Å²) in [7, 11) is -0.672. The number of halogens is 10. The Morgan fingerprint density at radius 2 is 1.09 bits per heavy atom. The standard InChI is InChI=1S/C20H23Cl2F3N4O4S.C19H21Cl2F3N4O2/c1-12-17(22)18(20(23,24)25)26-29(12)11-16(30)28-8-6-19(7-9-28,27-34(3,31)32)13-4-5-14(21)15(10-13)33-2;1-11-16(21)17(19(22,23)24)26-28(11)10-15(29)27-7-5-18(25,6-8-27)12-3-4-13(20)14(9-12)30-2/h4-5,10,27H,6-9,11H2,1-3H3;3-4,9H,5-8,10,25H2,1-2H3. The zero-order chi connectivity index (χ0) is 47.7. The lowest BCUT2D eigenvalue weighted by molar-refractivity contribution is -0.142. The predicted octanol–water partition coefficient (Wildman–Crippen LogP) is 7.60. The molecule has 4 aromatic rings. The molecule has 25 heteroatoms. The van der Waals surface area contributed by atoms with Gasteiger partial charge in [-0.25, -0.2) is 13.1 Å². The fourth-order valence-corrected chi connectivity index (χ4v) is 9.39. The molecule has 0 saturated carbocycles. The molecule has 2 aromatic heterocycles. The van der Waals surface area contributed by atoms with Crippen LogP contribution in [0.5, 0.6) is 11.5 Å². The second-order valence-corrected chi connectivity index (χ2v) is 18.7. The largest absolute Gasteiger partial charge is 0.495 e. The van der Waals surface area contributed by atoms with Crippen molar-refractivity contribution in [3.8, 4) is 11.5 Å². The van der Waals surface area contributed by atoms with Gasteiger partial charge in [0.2, 0.25) is 21.8 Å². The molecule has 0 unspecified atom stereocenters. The third-order valence-corrected chi connectivity index (χ3v) is 13.5. The molecule has 2 aliphatic rings. The Morgan fingerprint density at radius 3 is 1.45 bits per heavy atom. The topological polar surface area (TPSA) is 167 Å². The fraction of sp³-hybridized carbons (Fsp3) is 0.487. The number of piperidine rings is 2. The van der Waals surface area contributed by atoms with Gasteiger partial charge in [0.15, 0.2) is 11.4 Å². The highest BCUT2D eigenvalue weighted by atomic mass is 35.5. The molecule has 2 saturated heterocycles. The van der Waals surface area contributed by atoms with E-state index in [4.69, 9.17) is 61.6 Å². The molecule has 2 fully saturated rings. The van der Waals surface area contributed by atoms with Crippen LogP contribution in [-0.4, -0.2) is 96.2 Å². The van der Waals surface area contributed by atoms with Crippen LogP contribution in [0.1, 0.15) is 59.6 Å². The lowest BCUT2D eigenvalue weighted by Crippen LogP contribution is -2.54. The summed E-state index contributed by atoms with van der Waals surface area (Å²) in [5.41, 5.74) is 4.04. The molecule has 0 radical (unpaired) electrons. The minimum Gasteiger partial charge on any atom is -0.495 e. The highest BCUT2D eigenvalue weighted by Crippen LogP contribution is 2.40. The number of carbonyl (C=O) groups is 2. The maximum absolute atomic E-state index is 13.1. The molecule has 352 valence electrons. The maximum Gasteiger partial charge on any atom is 0.436 e. The highest BCUT2D eigenvalue weighted by Gasteiger charge is 2.42. The number of nitrogens with zero attached hydrogens (tertiary/aromatic N) is 6. The number of nitrogens with two attached hydrogens (primary N) is 1. The van der Waals surface area contributed by atoms with Gasteiger partial charge >= 0.3 is 12.4 Å². The first-order chi connectivity index (χ1) is 29.6. The number of aromatic nitrogens is 4. The van der Waals surface area contributed by atoms with E-state index in [2.05, 4.69) is 14.9 Å². The zero-order valence-electron chi connectivity index (χ0n) is 34.9. The van der Waals surface area contributed by atoms with Crippen molar-refractivity contribution in [3.63, 3.8) is 0 Å². The molecule has 0 bridgehead atoms. The van der Waals surface area contributed by atoms with Gasteiger partial charge < -0.3 is 25.0 Å². The molecule has 2 aromatic carbocycles. The summed E-state index contributed by atoms with van der Waals surface area (Å²) in [6.07, 6.45) is -6.96. The van der Waals surface area contributed by atoms with E-state index in [1.165, 1.54) is 33.0 Å². The first-order valence-electron chi connectivity index (χ1n) is 19.2. The van der Waals surface area contributed by atoms with Crippen LogP contribution in [0, 0.1) is 13.8 Å². The number of likely N-dealkylation sites (tertiary alicyclic amines) is 2. The van der Waals surface area contributed by atoms with Crippen LogP contribution in [0.25, 0.3) is 0 Å². The van der Waals surface area contributed by atoms with Crippen LogP contribution < -0.4 is 19.9 Å². The monoisotopic (exact) mass is 1010 g/mol. The SMILES string of the molecule is COc1cc(C2(N)CCN(C(=O)Cn3nc(C(F)(F)F)c(Cl)c3C)CC2)ccc1Cl.COc1cc(C2(NS(C)(=O)=O)CCN(C(=O)Cn3nc(C(F)(F)F)c(Cl)c3C)CC2)ccc1Cl. The lowest BCUT2D eigenvalue weighted by atomic mass is 9.81. The summed E-state index contributed by atoms with van der Waals surface area (Å²) in [5.74, 6) is 0.0854. The summed E-state index contributed by atoms with van der Waals surface area (Å²) < 4.78 is 117. The molecule has 0 aliphatic carbocycles. The highest BCUT2D eigenvalue weighted by molar-refractivity contribution is 7.88. The van der Waals surface area contributed by atoms with Crippen LogP contribution in [0.3, 0.4) is 0 Å². The Balaban J connectivity index is 0.000000243. The van der Waals surface area contributed by atoms with Crippen LogP contribution in [-0.2, 0) is 56.1 Å². The molecule has 64 heavy (non-hydrogen) atoms. The Labute approximate surface area is 384 Å². The van der Waals surface area contributed by atoms with Gasteiger partial charge in [0.05, 0.1) is 57.5 Å². The summed E-state index contributed by atoms with van der Waals surface area (Å²) in [6.45, 7) is 3.03. The van der Waals surface area contributed by atoms with Crippen LogP contribution in [0.2, 0.25) is 20.1 Å². The van der Waals surface area contributed by atoms with Gasteiger partial charge in [-0.15, -0.1) is 0 Å². The van der Waals surface area contributed by atoms with Gasteiger partial charge in [0, 0.05) is 31.7 Å². The van der Waals surface area contributed by atoms with E-state index in [0.29, 0.717) is 53.0 Å². The summed E-state index contributed by atoms with van der Waals surface area (Å²) >= 11 is 23.7. The number of nitrogens with one attached hydrogen (secondary N) is 1. The summed E-state index contributed by atoms with van der Waals surface area (Å²) in [4.78, 5) is 28.5. The van der Waals surface area contributed by atoms with E-state index in [1.807, 2.05) is 6.07 Å². The molecule has 14 nitrogen and oxygen atoms in total. The molecule has 3 N–H and O–H groups in total. The number of alkyl halides is 6. The molecule has 0 atom stereocenters. The first-order valence-corrected chi connectivity index (χ1v) is 22.6. The van der Waals surface area contributed by atoms with E-state index >= 15 is 0 Å². The third-order valence-electron chi connectivity index (χ3n) is 11.2. The van der Waals surface area contributed by atoms with Crippen LogP contribution >= 0.6 is 46.4 Å². The Hall–Kier alpha value is -3.99. The minimum absolute atomic E-state index is 0.0284. The number of rotatable bonds is 10. The number of benzene rings is 2. The molecule has 4 heterocycles. The molecule has 2 aliphatic heterocycles. The number of carbonyl (C=O) groups excluding carboxylic acids is 2. The first kappa shape index (κ1) is 51.0. The quantitative estimate of drug-likeness (QED) is 0.152. The van der Waals surface area contributed by atoms with Crippen molar-refractivity contribution in [3.05, 3.63) is 90.4 Å². The Bertz CT molecular complexity index is 2490. The van der Waals surface area contributed by atoms with E-state index in [1.54, 1.807) is 35.2 Å².